The number of carboxylic acid groups (broad SMARTS) is 1. The summed E-state index contributed by atoms with van der Waals surface area (Å²) in [4.78, 5) is 24.3. The first-order valence-electron chi connectivity index (χ1n) is 6.09. The van der Waals surface area contributed by atoms with E-state index in [1.54, 1.807) is 12.1 Å². The van der Waals surface area contributed by atoms with Gasteiger partial charge in [0.1, 0.15) is 5.54 Å². The Morgan fingerprint density at radius 2 is 1.79 bits per heavy atom. The molecular weight excluding hydrogens is 244 g/mol. The van der Waals surface area contributed by atoms with Crippen LogP contribution in [0.2, 0.25) is 0 Å². The monoisotopic (exact) mass is 264 g/mol. The third-order valence-corrected chi connectivity index (χ3v) is 3.34. The number of carboxylic acids is 1. The summed E-state index contributed by atoms with van der Waals surface area (Å²) >= 11 is 0. The molecule has 1 aromatic carbocycles. The lowest BCUT2D eigenvalue weighted by atomic mass is 10.0. The Morgan fingerprint density at radius 1 is 1.26 bits per heavy atom. The Labute approximate surface area is 113 Å². The molecule has 5 heteroatoms. The topological polar surface area (TPSA) is 83.6 Å². The van der Waals surface area contributed by atoms with Crippen LogP contribution in [0.4, 0.5) is 5.69 Å². The second kappa shape index (κ2) is 5.73. The summed E-state index contributed by atoms with van der Waals surface area (Å²) in [7, 11) is 1.51. The van der Waals surface area contributed by atoms with E-state index in [2.05, 4.69) is 0 Å². The zero-order valence-corrected chi connectivity index (χ0v) is 11.5. The Bertz CT molecular complexity index is 466. The summed E-state index contributed by atoms with van der Waals surface area (Å²) < 4.78 is 0. The molecule has 19 heavy (non-hydrogen) atoms. The van der Waals surface area contributed by atoms with Crippen LogP contribution >= 0.6 is 0 Å². The molecule has 0 unspecified atom stereocenters. The number of hydrogen-bond acceptors (Lipinski definition) is 3. The third-order valence-electron chi connectivity index (χ3n) is 3.34. The molecule has 0 saturated heterocycles. The van der Waals surface area contributed by atoms with Crippen molar-refractivity contribution in [1.29, 1.82) is 0 Å². The van der Waals surface area contributed by atoms with Crippen molar-refractivity contribution in [2.45, 2.75) is 32.2 Å². The molecule has 0 spiro atoms. The van der Waals surface area contributed by atoms with Crippen molar-refractivity contribution in [3.63, 3.8) is 0 Å². The van der Waals surface area contributed by atoms with Gasteiger partial charge < -0.3 is 15.7 Å². The molecule has 1 rings (SSSR count). The number of hydrogen-bond donors (Lipinski definition) is 2. The number of nitrogens with two attached hydrogens (primary N) is 1. The molecule has 0 aliphatic carbocycles. The van der Waals surface area contributed by atoms with Crippen LogP contribution in [-0.4, -0.2) is 34.5 Å². The fraction of sp³-hybridized carbons (Fsp3) is 0.429. The van der Waals surface area contributed by atoms with E-state index < -0.39 is 11.5 Å². The lowest BCUT2D eigenvalue weighted by Crippen LogP contribution is -2.50. The van der Waals surface area contributed by atoms with Gasteiger partial charge in [-0.15, -0.1) is 0 Å². The number of carbonyl (C=O) groups excluding carboxylic acids is 1. The van der Waals surface area contributed by atoms with Gasteiger partial charge in [0.15, 0.2) is 0 Å². The molecule has 104 valence electrons. The van der Waals surface area contributed by atoms with Gasteiger partial charge in [-0.1, -0.05) is 12.1 Å². The highest BCUT2D eigenvalue weighted by Gasteiger charge is 2.34. The van der Waals surface area contributed by atoms with Crippen LogP contribution in [0.3, 0.4) is 0 Å². The molecule has 0 fully saturated rings. The molecule has 1 amide bonds. The van der Waals surface area contributed by atoms with Crippen LogP contribution < -0.4 is 5.73 Å². The third kappa shape index (κ3) is 3.71. The van der Waals surface area contributed by atoms with E-state index in [9.17, 15) is 9.59 Å². The van der Waals surface area contributed by atoms with Gasteiger partial charge >= 0.3 is 5.97 Å². The van der Waals surface area contributed by atoms with Crippen LogP contribution in [0.5, 0.6) is 0 Å². The predicted molar refractivity (Wildman–Crippen MR) is 73.7 cm³/mol. The maximum atomic E-state index is 12.0. The quantitative estimate of drug-likeness (QED) is 0.790. The molecule has 0 radical (unpaired) electrons. The number of benzene rings is 1. The lowest BCUT2D eigenvalue weighted by Gasteiger charge is -2.31. The summed E-state index contributed by atoms with van der Waals surface area (Å²) in [6.45, 7) is 3.02. The number of nitrogens with zero attached hydrogens (tertiary/aromatic N) is 1. The van der Waals surface area contributed by atoms with Crippen molar-refractivity contribution in [3.8, 4) is 0 Å². The number of nitrogen functional groups attached to an aromatic ring is 1. The molecule has 0 aromatic heterocycles. The maximum absolute atomic E-state index is 12.0. The first-order chi connectivity index (χ1) is 8.75. The van der Waals surface area contributed by atoms with E-state index in [4.69, 9.17) is 10.8 Å². The summed E-state index contributed by atoms with van der Waals surface area (Å²) in [5.41, 5.74) is 6.07. The number of likely N-dealkylation sites (N-methyl/N-ethyl adjacent to an activating group) is 1. The lowest BCUT2D eigenvalue weighted by molar-refractivity contribution is -0.155. The van der Waals surface area contributed by atoms with Gasteiger partial charge in [0.2, 0.25) is 5.91 Å². The van der Waals surface area contributed by atoms with Crippen LogP contribution in [0, 0.1) is 0 Å². The van der Waals surface area contributed by atoms with Gasteiger partial charge in [-0.05, 0) is 38.0 Å². The summed E-state index contributed by atoms with van der Waals surface area (Å²) in [5, 5.41) is 9.07. The minimum atomic E-state index is -1.20. The normalized spacial score (nSPS) is 11.1. The average Bonchev–Trinajstić information content (AvgIpc) is 2.36. The van der Waals surface area contributed by atoms with E-state index in [0.29, 0.717) is 12.1 Å². The zero-order valence-electron chi connectivity index (χ0n) is 11.5. The first kappa shape index (κ1) is 15.0. The van der Waals surface area contributed by atoms with Gasteiger partial charge in [-0.2, -0.15) is 0 Å². The largest absolute Gasteiger partial charge is 0.480 e. The van der Waals surface area contributed by atoms with Crippen molar-refractivity contribution in [2.75, 3.05) is 12.8 Å². The summed E-state index contributed by atoms with van der Waals surface area (Å²) in [6.07, 6.45) is 0.844. The molecule has 0 saturated carbocycles. The van der Waals surface area contributed by atoms with Crippen LogP contribution in [0.15, 0.2) is 24.3 Å². The van der Waals surface area contributed by atoms with Gasteiger partial charge in [0.05, 0.1) is 0 Å². The maximum Gasteiger partial charge on any atom is 0.329 e. The van der Waals surface area contributed by atoms with Gasteiger partial charge in [-0.3, -0.25) is 4.79 Å². The van der Waals surface area contributed by atoms with Crippen LogP contribution in [0.1, 0.15) is 25.8 Å². The Hall–Kier alpha value is -2.04. The highest BCUT2D eigenvalue weighted by molar-refractivity contribution is 5.86. The fourth-order valence-electron chi connectivity index (χ4n) is 1.56. The van der Waals surface area contributed by atoms with Gasteiger partial charge in [-0.25, -0.2) is 4.79 Å². The Kier molecular flexibility index (Phi) is 4.53. The molecule has 0 aliphatic rings. The summed E-state index contributed by atoms with van der Waals surface area (Å²) in [5.74, 6) is -1.21. The summed E-state index contributed by atoms with van der Waals surface area (Å²) in [6, 6.07) is 7.30. The fourth-order valence-corrected chi connectivity index (χ4v) is 1.56. The first-order valence-corrected chi connectivity index (χ1v) is 6.09. The predicted octanol–water partition coefficient (Wildman–Crippen LogP) is 1.52. The van der Waals surface area contributed by atoms with Crippen LogP contribution in [-0.2, 0) is 16.0 Å². The average molecular weight is 264 g/mol. The highest BCUT2D eigenvalue weighted by Crippen LogP contribution is 2.15. The molecule has 5 nitrogen and oxygen atoms in total. The molecule has 0 bridgehead atoms. The van der Waals surface area contributed by atoms with E-state index in [0.717, 1.165) is 5.56 Å². The molecule has 3 N–H and O–H groups in total. The van der Waals surface area contributed by atoms with Crippen molar-refractivity contribution in [3.05, 3.63) is 29.8 Å². The molecule has 1 aromatic rings. The number of carbonyl (C=O) groups is 2. The van der Waals surface area contributed by atoms with E-state index >= 15 is 0 Å². The highest BCUT2D eigenvalue weighted by atomic mass is 16.4. The number of amides is 1. The minimum absolute atomic E-state index is 0.191. The number of rotatable bonds is 5. The second-order valence-electron chi connectivity index (χ2n) is 5.06. The standard InChI is InChI=1S/C14H20N2O3/c1-14(2,13(18)19)16(3)12(17)9-6-10-4-7-11(15)8-5-10/h4-5,7-8H,6,9,15H2,1-3H3,(H,18,19). The van der Waals surface area contributed by atoms with Crippen molar-refractivity contribution >= 4 is 17.6 Å². The SMILES string of the molecule is CN(C(=O)CCc1ccc(N)cc1)C(C)(C)C(=O)O. The smallest absolute Gasteiger partial charge is 0.329 e. The number of aryl methyl sites for hydroxylation is 1. The van der Waals surface area contributed by atoms with Gasteiger partial charge in [0, 0.05) is 19.2 Å². The van der Waals surface area contributed by atoms with E-state index in [-0.39, 0.29) is 12.3 Å². The van der Waals surface area contributed by atoms with Crippen molar-refractivity contribution in [2.24, 2.45) is 0 Å². The molecule has 0 atom stereocenters. The number of anilines is 1. The Morgan fingerprint density at radius 3 is 2.26 bits per heavy atom. The number of aliphatic carboxylic acids is 1. The minimum Gasteiger partial charge on any atom is -0.480 e. The molecule has 0 heterocycles. The zero-order chi connectivity index (χ0) is 14.6. The Balaban J connectivity index is 2.61. The van der Waals surface area contributed by atoms with Crippen molar-refractivity contribution < 1.29 is 14.7 Å². The molecular formula is C14H20N2O3. The van der Waals surface area contributed by atoms with Crippen molar-refractivity contribution in [1.82, 2.24) is 4.90 Å². The van der Waals surface area contributed by atoms with Gasteiger partial charge in [0.25, 0.3) is 0 Å². The van der Waals surface area contributed by atoms with E-state index in [1.807, 2.05) is 12.1 Å². The molecule has 0 aliphatic heterocycles. The second-order valence-corrected chi connectivity index (χ2v) is 5.06. The van der Waals surface area contributed by atoms with Crippen LogP contribution in [0.25, 0.3) is 0 Å². The van der Waals surface area contributed by atoms with E-state index in [1.165, 1.54) is 25.8 Å².